The van der Waals surface area contributed by atoms with Crippen LogP contribution in [0, 0.1) is 0 Å². The molecule has 0 fully saturated rings. The summed E-state index contributed by atoms with van der Waals surface area (Å²) in [5.41, 5.74) is 0.505. The average molecular weight is 259 g/mol. The van der Waals surface area contributed by atoms with Gasteiger partial charge < -0.3 is 10.4 Å². The minimum atomic E-state index is -0.182. The zero-order valence-corrected chi connectivity index (χ0v) is 9.12. The largest absolute Gasteiger partial charge is 0.396 e. The summed E-state index contributed by atoms with van der Waals surface area (Å²) < 4.78 is 0.529. The van der Waals surface area contributed by atoms with Gasteiger partial charge in [-0.15, -0.1) is 0 Å². The number of carbonyl (C=O) groups is 1. The van der Waals surface area contributed by atoms with E-state index in [1.165, 1.54) is 0 Å². The van der Waals surface area contributed by atoms with Crippen LogP contribution in [0.25, 0.3) is 0 Å². The predicted octanol–water partition coefficient (Wildman–Crippen LogP) is 0.956. The molecule has 76 valence electrons. The van der Waals surface area contributed by atoms with E-state index < -0.39 is 0 Å². The highest BCUT2D eigenvalue weighted by molar-refractivity contribution is 9.10. The summed E-state index contributed by atoms with van der Waals surface area (Å²) in [6.45, 7) is 0.547. The smallest absolute Gasteiger partial charge is 0.254 e. The lowest BCUT2D eigenvalue weighted by Gasteiger charge is -2.04. The van der Waals surface area contributed by atoms with Crippen molar-refractivity contribution in [2.45, 2.75) is 6.42 Å². The van der Waals surface area contributed by atoms with Gasteiger partial charge in [-0.25, -0.2) is 4.98 Å². The molecule has 1 heterocycles. The molecule has 0 bridgehead atoms. The number of pyridine rings is 1. The minimum absolute atomic E-state index is 0.0779. The van der Waals surface area contributed by atoms with Gasteiger partial charge in [-0.1, -0.05) is 0 Å². The Morgan fingerprint density at radius 2 is 2.43 bits per heavy atom. The highest BCUT2D eigenvalue weighted by Gasteiger charge is 2.08. The van der Waals surface area contributed by atoms with Gasteiger partial charge in [0.05, 0.1) is 5.56 Å². The van der Waals surface area contributed by atoms with Crippen LogP contribution >= 0.6 is 15.9 Å². The van der Waals surface area contributed by atoms with Crippen LogP contribution in [0.5, 0.6) is 0 Å². The van der Waals surface area contributed by atoms with E-state index in [1.807, 2.05) is 0 Å². The van der Waals surface area contributed by atoms with E-state index in [2.05, 4.69) is 26.2 Å². The Morgan fingerprint density at radius 1 is 1.64 bits per heavy atom. The molecule has 0 radical (unpaired) electrons. The maximum Gasteiger partial charge on any atom is 0.254 e. The van der Waals surface area contributed by atoms with E-state index in [9.17, 15) is 4.79 Å². The summed E-state index contributed by atoms with van der Waals surface area (Å²) in [7, 11) is 0. The minimum Gasteiger partial charge on any atom is -0.396 e. The van der Waals surface area contributed by atoms with Gasteiger partial charge >= 0.3 is 0 Å². The number of rotatable bonds is 4. The summed E-state index contributed by atoms with van der Waals surface area (Å²) in [5, 5.41) is 11.2. The molecule has 0 saturated heterocycles. The molecule has 0 unspecified atom stereocenters. The number of aliphatic hydroxyl groups is 1. The first-order chi connectivity index (χ1) is 6.75. The molecule has 0 aliphatic rings. The second-order valence-electron chi connectivity index (χ2n) is 2.67. The van der Waals surface area contributed by atoms with Gasteiger partial charge in [0, 0.05) is 19.3 Å². The zero-order valence-electron chi connectivity index (χ0n) is 7.53. The van der Waals surface area contributed by atoms with Crippen molar-refractivity contribution in [2.24, 2.45) is 0 Å². The standard InChI is InChI=1S/C9H11BrN2O2/c10-8-7(3-1-4-11-8)9(14)12-5-2-6-13/h1,3-4,13H,2,5-6H2,(H,12,14). The topological polar surface area (TPSA) is 62.2 Å². The monoisotopic (exact) mass is 258 g/mol. The Balaban J connectivity index is 2.56. The number of aliphatic hydroxyl groups excluding tert-OH is 1. The Bertz CT molecular complexity index is 317. The van der Waals surface area contributed by atoms with Gasteiger partial charge in [-0.2, -0.15) is 0 Å². The molecule has 1 aromatic rings. The molecule has 1 rings (SSSR count). The van der Waals surface area contributed by atoms with Crippen LogP contribution in [-0.2, 0) is 0 Å². The van der Waals surface area contributed by atoms with Gasteiger partial charge in [-0.3, -0.25) is 4.79 Å². The number of hydrogen-bond acceptors (Lipinski definition) is 3. The van der Waals surface area contributed by atoms with Crippen molar-refractivity contribution < 1.29 is 9.90 Å². The van der Waals surface area contributed by atoms with Crippen LogP contribution in [-0.4, -0.2) is 29.1 Å². The van der Waals surface area contributed by atoms with Crippen LogP contribution in [0.4, 0.5) is 0 Å². The highest BCUT2D eigenvalue weighted by atomic mass is 79.9. The Kier molecular flexibility index (Phi) is 4.55. The second-order valence-corrected chi connectivity index (χ2v) is 3.43. The summed E-state index contributed by atoms with van der Waals surface area (Å²) in [6, 6.07) is 3.39. The molecule has 1 aromatic heterocycles. The van der Waals surface area contributed by atoms with Crippen molar-refractivity contribution in [3.05, 3.63) is 28.5 Å². The summed E-state index contributed by atoms with van der Waals surface area (Å²) in [4.78, 5) is 15.4. The van der Waals surface area contributed by atoms with E-state index >= 15 is 0 Å². The molecule has 0 aliphatic carbocycles. The molecule has 5 heteroatoms. The fraction of sp³-hybridized carbons (Fsp3) is 0.333. The van der Waals surface area contributed by atoms with Crippen molar-refractivity contribution in [1.82, 2.24) is 10.3 Å². The van der Waals surface area contributed by atoms with Crippen LogP contribution in [0.2, 0.25) is 0 Å². The fourth-order valence-corrected chi connectivity index (χ4v) is 1.36. The molecule has 0 aliphatic heterocycles. The maximum atomic E-state index is 11.5. The van der Waals surface area contributed by atoms with Crippen molar-refractivity contribution >= 4 is 21.8 Å². The first kappa shape index (κ1) is 11.1. The van der Waals surface area contributed by atoms with Crippen molar-refractivity contribution in [2.75, 3.05) is 13.2 Å². The van der Waals surface area contributed by atoms with Crippen molar-refractivity contribution in [1.29, 1.82) is 0 Å². The molecule has 0 atom stereocenters. The van der Waals surface area contributed by atoms with Gasteiger partial charge in [0.2, 0.25) is 0 Å². The number of amides is 1. The van der Waals surface area contributed by atoms with Gasteiger partial charge in [0.25, 0.3) is 5.91 Å². The highest BCUT2D eigenvalue weighted by Crippen LogP contribution is 2.11. The number of carbonyl (C=O) groups excluding carboxylic acids is 1. The number of halogens is 1. The molecule has 4 nitrogen and oxygen atoms in total. The van der Waals surface area contributed by atoms with Crippen LogP contribution in [0.3, 0.4) is 0 Å². The SMILES string of the molecule is O=C(NCCCO)c1cccnc1Br. The first-order valence-electron chi connectivity index (χ1n) is 4.25. The van der Waals surface area contributed by atoms with E-state index in [1.54, 1.807) is 18.3 Å². The average Bonchev–Trinajstić information content (AvgIpc) is 2.18. The number of nitrogens with zero attached hydrogens (tertiary/aromatic N) is 1. The number of hydrogen-bond donors (Lipinski definition) is 2. The predicted molar refractivity (Wildman–Crippen MR) is 56.0 cm³/mol. The number of nitrogens with one attached hydrogen (secondary N) is 1. The maximum absolute atomic E-state index is 11.5. The van der Waals surface area contributed by atoms with Crippen molar-refractivity contribution in [3.63, 3.8) is 0 Å². The van der Waals surface area contributed by atoms with Gasteiger partial charge in [-0.05, 0) is 34.5 Å². The zero-order chi connectivity index (χ0) is 10.4. The molecular formula is C9H11BrN2O2. The second kappa shape index (κ2) is 5.72. The Morgan fingerprint density at radius 3 is 3.07 bits per heavy atom. The van der Waals surface area contributed by atoms with E-state index in [0.717, 1.165) is 0 Å². The van der Waals surface area contributed by atoms with E-state index in [4.69, 9.17) is 5.11 Å². The summed E-state index contributed by atoms with van der Waals surface area (Å²) in [6.07, 6.45) is 2.16. The summed E-state index contributed by atoms with van der Waals surface area (Å²) in [5.74, 6) is -0.182. The molecule has 0 aromatic carbocycles. The molecule has 0 saturated carbocycles. The third-order valence-electron chi connectivity index (χ3n) is 1.62. The third kappa shape index (κ3) is 3.08. The van der Waals surface area contributed by atoms with Gasteiger partial charge in [0.1, 0.15) is 4.60 Å². The van der Waals surface area contributed by atoms with E-state index in [0.29, 0.717) is 23.1 Å². The van der Waals surface area contributed by atoms with E-state index in [-0.39, 0.29) is 12.5 Å². The van der Waals surface area contributed by atoms with Crippen LogP contribution in [0.1, 0.15) is 16.8 Å². The molecule has 2 N–H and O–H groups in total. The fourth-order valence-electron chi connectivity index (χ4n) is 0.932. The Hall–Kier alpha value is -0.940. The lowest BCUT2D eigenvalue weighted by atomic mass is 10.2. The third-order valence-corrected chi connectivity index (χ3v) is 2.26. The molecular weight excluding hydrogens is 248 g/mol. The first-order valence-corrected chi connectivity index (χ1v) is 5.04. The van der Waals surface area contributed by atoms with Crippen LogP contribution in [0.15, 0.2) is 22.9 Å². The lowest BCUT2D eigenvalue weighted by molar-refractivity contribution is 0.0950. The molecule has 0 spiro atoms. The summed E-state index contributed by atoms with van der Waals surface area (Å²) >= 11 is 3.18. The normalized spacial score (nSPS) is 9.86. The van der Waals surface area contributed by atoms with Crippen LogP contribution < -0.4 is 5.32 Å². The van der Waals surface area contributed by atoms with Crippen molar-refractivity contribution in [3.8, 4) is 0 Å². The molecule has 14 heavy (non-hydrogen) atoms. The number of aromatic nitrogens is 1. The quantitative estimate of drug-likeness (QED) is 0.625. The lowest BCUT2D eigenvalue weighted by Crippen LogP contribution is -2.25. The Labute approximate surface area is 90.5 Å². The molecule has 1 amide bonds. The van der Waals surface area contributed by atoms with Gasteiger partial charge in [0.15, 0.2) is 0 Å².